The topological polar surface area (TPSA) is 114 Å². The standard InChI is InChI=1S/C18H22N4O4S/c1-5-14(4)19-20-17-9-7-15(22(23)24)11-18(17)27(25,26)21-16-8-6-12(2)10-13(16)3/h6-11,20-21H,5H2,1-4H3/b19-14+. The number of hydrazone groups is 1. The largest absolute Gasteiger partial charge is 0.279 e. The average molecular weight is 390 g/mol. The van der Waals surface area contributed by atoms with Crippen molar-refractivity contribution in [1.29, 1.82) is 0 Å². The number of aryl methyl sites for hydroxylation is 2. The molecule has 2 aromatic carbocycles. The third-order valence-electron chi connectivity index (χ3n) is 3.97. The molecular formula is C18H22N4O4S. The van der Waals surface area contributed by atoms with Crippen molar-refractivity contribution in [2.75, 3.05) is 10.1 Å². The first kappa shape index (κ1) is 20.4. The van der Waals surface area contributed by atoms with Crippen molar-refractivity contribution in [2.24, 2.45) is 5.10 Å². The number of nitro groups is 1. The van der Waals surface area contributed by atoms with E-state index in [0.717, 1.165) is 22.9 Å². The quantitative estimate of drug-likeness (QED) is 0.417. The molecule has 144 valence electrons. The van der Waals surface area contributed by atoms with E-state index < -0.39 is 14.9 Å². The monoisotopic (exact) mass is 390 g/mol. The molecule has 0 heterocycles. The Kier molecular flexibility index (Phi) is 6.17. The fourth-order valence-electron chi connectivity index (χ4n) is 2.30. The third kappa shape index (κ3) is 5.04. The van der Waals surface area contributed by atoms with Gasteiger partial charge in [0.05, 0.1) is 16.3 Å². The predicted octanol–water partition coefficient (Wildman–Crippen LogP) is 4.21. The Morgan fingerprint density at radius 2 is 1.81 bits per heavy atom. The fourth-order valence-corrected chi connectivity index (χ4v) is 3.61. The van der Waals surface area contributed by atoms with Crippen LogP contribution >= 0.6 is 0 Å². The molecule has 0 unspecified atom stereocenters. The Morgan fingerprint density at radius 1 is 1.15 bits per heavy atom. The molecule has 0 aromatic heterocycles. The van der Waals surface area contributed by atoms with E-state index in [1.54, 1.807) is 26.0 Å². The van der Waals surface area contributed by atoms with Crippen LogP contribution in [0.2, 0.25) is 0 Å². The number of hydrogen-bond donors (Lipinski definition) is 2. The van der Waals surface area contributed by atoms with Gasteiger partial charge in [0.1, 0.15) is 4.90 Å². The number of rotatable bonds is 7. The molecule has 0 aliphatic carbocycles. The molecule has 0 bridgehead atoms. The highest BCUT2D eigenvalue weighted by Gasteiger charge is 2.23. The van der Waals surface area contributed by atoms with Crippen molar-refractivity contribution < 1.29 is 13.3 Å². The van der Waals surface area contributed by atoms with E-state index in [9.17, 15) is 18.5 Å². The summed E-state index contributed by atoms with van der Waals surface area (Å²) in [5.41, 5.74) is 5.45. The van der Waals surface area contributed by atoms with E-state index in [4.69, 9.17) is 0 Å². The van der Waals surface area contributed by atoms with Crippen LogP contribution < -0.4 is 10.1 Å². The summed E-state index contributed by atoms with van der Waals surface area (Å²) in [6.45, 7) is 7.39. The van der Waals surface area contributed by atoms with Gasteiger partial charge in [-0.05, 0) is 44.9 Å². The first-order valence-electron chi connectivity index (χ1n) is 8.31. The van der Waals surface area contributed by atoms with Gasteiger partial charge in [-0.3, -0.25) is 20.3 Å². The Bertz CT molecular complexity index is 1000. The Labute approximate surface area is 158 Å². The molecular weight excluding hydrogens is 368 g/mol. The second-order valence-electron chi connectivity index (χ2n) is 6.17. The van der Waals surface area contributed by atoms with Gasteiger partial charge in [-0.25, -0.2) is 8.42 Å². The molecule has 9 heteroatoms. The van der Waals surface area contributed by atoms with Crippen molar-refractivity contribution in [3.63, 3.8) is 0 Å². The smallest absolute Gasteiger partial charge is 0.270 e. The summed E-state index contributed by atoms with van der Waals surface area (Å²) in [7, 11) is -4.08. The zero-order valence-electron chi connectivity index (χ0n) is 15.6. The lowest BCUT2D eigenvalue weighted by molar-refractivity contribution is -0.385. The molecule has 0 radical (unpaired) electrons. The highest BCUT2D eigenvalue weighted by Crippen LogP contribution is 2.29. The molecule has 0 atom stereocenters. The van der Waals surface area contributed by atoms with Crippen LogP contribution in [0.15, 0.2) is 46.4 Å². The van der Waals surface area contributed by atoms with Crippen LogP contribution in [0.3, 0.4) is 0 Å². The number of non-ortho nitro benzene ring substituents is 1. The van der Waals surface area contributed by atoms with Gasteiger partial charge in [0.15, 0.2) is 0 Å². The summed E-state index contributed by atoms with van der Waals surface area (Å²) in [4.78, 5) is 10.2. The molecule has 27 heavy (non-hydrogen) atoms. The highest BCUT2D eigenvalue weighted by molar-refractivity contribution is 7.92. The Morgan fingerprint density at radius 3 is 2.41 bits per heavy atom. The van der Waals surface area contributed by atoms with Crippen molar-refractivity contribution in [3.8, 4) is 0 Å². The molecule has 0 fully saturated rings. The molecule has 2 aromatic rings. The molecule has 0 amide bonds. The van der Waals surface area contributed by atoms with E-state index in [1.165, 1.54) is 12.1 Å². The normalized spacial score (nSPS) is 11.9. The van der Waals surface area contributed by atoms with Crippen LogP contribution in [0, 0.1) is 24.0 Å². The second-order valence-corrected chi connectivity index (χ2v) is 7.82. The van der Waals surface area contributed by atoms with Crippen LogP contribution in [-0.2, 0) is 10.0 Å². The van der Waals surface area contributed by atoms with Crippen LogP contribution in [-0.4, -0.2) is 19.1 Å². The third-order valence-corrected chi connectivity index (χ3v) is 5.38. The molecule has 2 rings (SSSR count). The molecule has 2 N–H and O–H groups in total. The zero-order chi connectivity index (χ0) is 20.2. The van der Waals surface area contributed by atoms with E-state index in [1.807, 2.05) is 19.9 Å². The van der Waals surface area contributed by atoms with Gasteiger partial charge < -0.3 is 0 Å². The summed E-state index contributed by atoms with van der Waals surface area (Å²) in [6.07, 6.45) is 0.683. The number of nitro benzene ring substituents is 1. The average Bonchev–Trinajstić information content (AvgIpc) is 2.61. The van der Waals surface area contributed by atoms with Crippen molar-refractivity contribution in [1.82, 2.24) is 0 Å². The summed E-state index contributed by atoms with van der Waals surface area (Å²) in [5, 5.41) is 15.2. The van der Waals surface area contributed by atoms with Gasteiger partial charge in [0.25, 0.3) is 15.7 Å². The fraction of sp³-hybridized carbons (Fsp3) is 0.278. The predicted molar refractivity (Wildman–Crippen MR) is 107 cm³/mol. The first-order valence-corrected chi connectivity index (χ1v) is 9.80. The SMILES string of the molecule is CC/C(C)=N/Nc1ccc([N+](=O)[O-])cc1S(=O)(=O)Nc1ccc(C)cc1C. The second kappa shape index (κ2) is 8.17. The van der Waals surface area contributed by atoms with Gasteiger partial charge in [0, 0.05) is 17.8 Å². The lowest BCUT2D eigenvalue weighted by atomic mass is 10.1. The van der Waals surface area contributed by atoms with Gasteiger partial charge in [0.2, 0.25) is 0 Å². The van der Waals surface area contributed by atoms with Crippen molar-refractivity contribution in [3.05, 3.63) is 57.6 Å². The minimum absolute atomic E-state index is 0.158. The van der Waals surface area contributed by atoms with E-state index >= 15 is 0 Å². The lowest BCUT2D eigenvalue weighted by Crippen LogP contribution is -2.16. The lowest BCUT2D eigenvalue weighted by Gasteiger charge is -2.14. The van der Waals surface area contributed by atoms with Crippen LogP contribution in [0.1, 0.15) is 31.4 Å². The molecule has 8 nitrogen and oxygen atoms in total. The minimum Gasteiger partial charge on any atom is -0.279 e. The van der Waals surface area contributed by atoms with Gasteiger partial charge >= 0.3 is 0 Å². The number of benzene rings is 2. The summed E-state index contributed by atoms with van der Waals surface area (Å²) in [5.74, 6) is 0. The molecule has 0 aliphatic heterocycles. The Hall–Kier alpha value is -2.94. The van der Waals surface area contributed by atoms with Crippen molar-refractivity contribution in [2.45, 2.75) is 39.0 Å². The summed E-state index contributed by atoms with van der Waals surface area (Å²) in [6, 6.07) is 8.87. The van der Waals surface area contributed by atoms with Gasteiger partial charge in [-0.15, -0.1) is 0 Å². The van der Waals surface area contributed by atoms with E-state index in [0.29, 0.717) is 12.1 Å². The number of nitrogens with zero attached hydrogens (tertiary/aromatic N) is 2. The maximum Gasteiger partial charge on any atom is 0.270 e. The number of sulfonamides is 1. The highest BCUT2D eigenvalue weighted by atomic mass is 32.2. The summed E-state index contributed by atoms with van der Waals surface area (Å²) >= 11 is 0. The Balaban J connectivity index is 2.51. The van der Waals surface area contributed by atoms with Gasteiger partial charge in [-0.2, -0.15) is 5.10 Å². The minimum atomic E-state index is -4.08. The first-order chi connectivity index (χ1) is 12.6. The maximum absolute atomic E-state index is 12.9. The number of hydrogen-bond acceptors (Lipinski definition) is 6. The van der Waals surface area contributed by atoms with E-state index in [2.05, 4.69) is 15.2 Å². The number of nitrogens with one attached hydrogen (secondary N) is 2. The molecule has 0 aliphatic rings. The molecule has 0 spiro atoms. The zero-order valence-corrected chi connectivity index (χ0v) is 16.4. The number of anilines is 2. The van der Waals surface area contributed by atoms with Crippen LogP contribution in [0.5, 0.6) is 0 Å². The van der Waals surface area contributed by atoms with Gasteiger partial charge in [-0.1, -0.05) is 24.6 Å². The van der Waals surface area contributed by atoms with Crippen LogP contribution in [0.25, 0.3) is 0 Å². The molecule has 0 saturated carbocycles. The van der Waals surface area contributed by atoms with E-state index in [-0.39, 0.29) is 16.3 Å². The van der Waals surface area contributed by atoms with Crippen molar-refractivity contribution >= 4 is 32.8 Å². The maximum atomic E-state index is 12.9. The summed E-state index contributed by atoms with van der Waals surface area (Å²) < 4.78 is 28.4. The van der Waals surface area contributed by atoms with Crippen LogP contribution in [0.4, 0.5) is 17.1 Å². The molecule has 0 saturated heterocycles.